The zero-order valence-corrected chi connectivity index (χ0v) is 19.8. The molecule has 1 aliphatic carbocycles. The summed E-state index contributed by atoms with van der Waals surface area (Å²) >= 11 is 6.15. The third-order valence-electron chi connectivity index (χ3n) is 7.05. The molecule has 0 unspecified atom stereocenters. The number of benzene rings is 2. The lowest BCUT2D eigenvalue weighted by atomic mass is 10.0. The summed E-state index contributed by atoms with van der Waals surface area (Å²) in [7, 11) is 0. The zero-order valence-electron chi connectivity index (χ0n) is 19.0. The molecule has 34 heavy (non-hydrogen) atoms. The van der Waals surface area contributed by atoms with Gasteiger partial charge in [-0.2, -0.15) is 0 Å². The highest BCUT2D eigenvalue weighted by molar-refractivity contribution is 6.30. The van der Waals surface area contributed by atoms with Crippen molar-refractivity contribution in [2.45, 2.75) is 51.0 Å². The first-order valence-electron chi connectivity index (χ1n) is 11.5. The minimum atomic E-state index is -0.690. The topological polar surface area (TPSA) is 62.2 Å². The van der Waals surface area contributed by atoms with Gasteiger partial charge in [-0.1, -0.05) is 25.4 Å². The average molecular weight is 493 g/mol. The van der Waals surface area contributed by atoms with Gasteiger partial charge in [0, 0.05) is 29.7 Å². The van der Waals surface area contributed by atoms with E-state index in [-0.39, 0.29) is 35.4 Å². The molecule has 2 aromatic carbocycles. The van der Waals surface area contributed by atoms with Gasteiger partial charge >= 0.3 is 6.09 Å². The molecule has 0 radical (unpaired) electrons. The largest absolute Gasteiger partial charge is 0.481 e. The van der Waals surface area contributed by atoms with Crippen molar-refractivity contribution in [2.75, 3.05) is 24.6 Å². The smallest absolute Gasteiger partial charge is 0.414 e. The van der Waals surface area contributed by atoms with E-state index in [0.717, 1.165) is 0 Å². The molecule has 182 valence electrons. The first-order valence-corrected chi connectivity index (χ1v) is 11.9. The number of anilines is 1. The van der Waals surface area contributed by atoms with Crippen molar-refractivity contribution in [3.05, 3.63) is 58.1 Å². The predicted molar refractivity (Wildman–Crippen MR) is 123 cm³/mol. The summed E-state index contributed by atoms with van der Waals surface area (Å²) in [4.78, 5) is 16.0. The van der Waals surface area contributed by atoms with Crippen LogP contribution in [-0.4, -0.2) is 54.0 Å². The Balaban J connectivity index is 1.51. The summed E-state index contributed by atoms with van der Waals surface area (Å²) in [5.41, 5.74) is 1.53. The van der Waals surface area contributed by atoms with Crippen LogP contribution in [0.4, 0.5) is 19.3 Å². The van der Waals surface area contributed by atoms with Crippen LogP contribution < -0.4 is 9.64 Å². The Morgan fingerprint density at radius 2 is 2.00 bits per heavy atom. The number of hydrogen-bond acceptors (Lipinski definition) is 5. The molecule has 4 atom stereocenters. The SMILES string of the molecule is CC(C)[C@H]1COC(=O)N1c1ccc(F)c(O[C@H]2c3cc(Cl)cc(F)c3C[C@H]2N2CC[C@@H](O)C2)c1. The van der Waals surface area contributed by atoms with Crippen LogP contribution in [0, 0.1) is 17.6 Å². The van der Waals surface area contributed by atoms with Gasteiger partial charge < -0.3 is 14.6 Å². The van der Waals surface area contributed by atoms with Crippen molar-refractivity contribution in [2.24, 2.45) is 5.92 Å². The van der Waals surface area contributed by atoms with Crippen molar-refractivity contribution < 1.29 is 28.2 Å². The van der Waals surface area contributed by atoms with Crippen LogP contribution in [0.5, 0.6) is 5.75 Å². The van der Waals surface area contributed by atoms with E-state index < -0.39 is 29.9 Å². The van der Waals surface area contributed by atoms with Crippen molar-refractivity contribution in [3.63, 3.8) is 0 Å². The number of carbonyl (C=O) groups is 1. The number of amides is 1. The number of hydrogen-bond donors (Lipinski definition) is 1. The van der Waals surface area contributed by atoms with Gasteiger partial charge in [0.25, 0.3) is 0 Å². The van der Waals surface area contributed by atoms with E-state index in [4.69, 9.17) is 21.1 Å². The number of aliphatic hydroxyl groups excluding tert-OH is 1. The number of halogens is 3. The van der Waals surface area contributed by atoms with Crippen molar-refractivity contribution >= 4 is 23.4 Å². The molecule has 6 nitrogen and oxygen atoms in total. The first-order chi connectivity index (χ1) is 16.2. The number of cyclic esters (lactones) is 1. The highest BCUT2D eigenvalue weighted by Crippen LogP contribution is 2.43. The van der Waals surface area contributed by atoms with Crippen LogP contribution >= 0.6 is 11.6 Å². The number of fused-ring (bicyclic) bond motifs is 1. The molecule has 0 spiro atoms. The third-order valence-corrected chi connectivity index (χ3v) is 7.27. The van der Waals surface area contributed by atoms with Gasteiger partial charge in [0.15, 0.2) is 11.6 Å². The fourth-order valence-electron chi connectivity index (χ4n) is 5.24. The van der Waals surface area contributed by atoms with E-state index in [1.165, 1.54) is 29.2 Å². The Morgan fingerprint density at radius 3 is 2.71 bits per heavy atom. The molecule has 0 bridgehead atoms. The molecule has 5 rings (SSSR count). The van der Waals surface area contributed by atoms with E-state index in [9.17, 15) is 18.7 Å². The van der Waals surface area contributed by atoms with E-state index >= 15 is 0 Å². The lowest BCUT2D eigenvalue weighted by Gasteiger charge is -2.30. The van der Waals surface area contributed by atoms with E-state index in [1.807, 2.05) is 13.8 Å². The maximum Gasteiger partial charge on any atom is 0.414 e. The fraction of sp³-hybridized carbons (Fsp3) is 0.480. The number of rotatable bonds is 5. The van der Waals surface area contributed by atoms with Gasteiger partial charge in [0.1, 0.15) is 18.5 Å². The van der Waals surface area contributed by atoms with E-state index in [1.54, 1.807) is 6.07 Å². The Morgan fingerprint density at radius 1 is 1.21 bits per heavy atom. The average Bonchev–Trinajstić information content (AvgIpc) is 3.47. The number of ether oxygens (including phenoxy) is 2. The van der Waals surface area contributed by atoms with E-state index in [2.05, 4.69) is 4.90 Å². The Hall–Kier alpha value is -2.42. The number of likely N-dealkylation sites (tertiary alicyclic amines) is 1. The number of aliphatic hydroxyl groups is 1. The number of β-amino-alcohol motifs (C(OH)–C–C–N with tert-alkyl or cyclic N) is 1. The van der Waals surface area contributed by atoms with Gasteiger partial charge in [-0.05, 0) is 48.6 Å². The van der Waals surface area contributed by atoms with Crippen LogP contribution in [0.15, 0.2) is 30.3 Å². The molecule has 2 aliphatic heterocycles. The standard InChI is InChI=1S/C25H27ClF2N2O4/c1-13(2)22-12-33-25(32)30(22)15-3-4-19(27)23(9-15)34-24-18-7-14(26)8-20(28)17(18)10-21(24)29-6-5-16(31)11-29/h3-4,7-9,13,16,21-22,24,31H,5-6,10-12H2,1-2H3/t16-,21-,22-,24+/m1/s1. The number of nitrogens with zero attached hydrogens (tertiary/aromatic N) is 2. The minimum absolute atomic E-state index is 0.0392. The summed E-state index contributed by atoms with van der Waals surface area (Å²) in [6, 6.07) is 6.74. The van der Waals surface area contributed by atoms with Crippen molar-refractivity contribution in [3.8, 4) is 5.75 Å². The summed E-state index contributed by atoms with van der Waals surface area (Å²) in [6.07, 6.45) is -0.664. The molecule has 2 heterocycles. The molecule has 2 fully saturated rings. The number of carbonyl (C=O) groups excluding carboxylic acids is 1. The van der Waals surface area contributed by atoms with Gasteiger partial charge in [-0.25, -0.2) is 13.6 Å². The maximum absolute atomic E-state index is 15.0. The minimum Gasteiger partial charge on any atom is -0.481 e. The summed E-state index contributed by atoms with van der Waals surface area (Å²) in [6.45, 7) is 5.31. The van der Waals surface area contributed by atoms with Crippen LogP contribution in [0.25, 0.3) is 0 Å². The summed E-state index contributed by atoms with van der Waals surface area (Å²) in [5.74, 6) is -0.915. The molecular weight excluding hydrogens is 466 g/mol. The third kappa shape index (κ3) is 4.12. The highest BCUT2D eigenvalue weighted by Gasteiger charge is 2.43. The molecule has 0 saturated carbocycles. The normalized spacial score (nSPS) is 26.9. The quantitative estimate of drug-likeness (QED) is 0.655. The van der Waals surface area contributed by atoms with Crippen molar-refractivity contribution in [1.29, 1.82) is 0 Å². The van der Waals surface area contributed by atoms with Gasteiger partial charge in [-0.3, -0.25) is 9.80 Å². The van der Waals surface area contributed by atoms with Gasteiger partial charge in [0.2, 0.25) is 0 Å². The molecule has 2 aromatic rings. The monoisotopic (exact) mass is 492 g/mol. The maximum atomic E-state index is 15.0. The lowest BCUT2D eigenvalue weighted by molar-refractivity contribution is 0.0790. The van der Waals surface area contributed by atoms with Crippen LogP contribution in [-0.2, 0) is 11.2 Å². The fourth-order valence-corrected chi connectivity index (χ4v) is 5.45. The molecule has 0 aromatic heterocycles. The van der Waals surface area contributed by atoms with Crippen molar-refractivity contribution in [1.82, 2.24) is 4.90 Å². The lowest BCUT2D eigenvalue weighted by Crippen LogP contribution is -2.39. The predicted octanol–water partition coefficient (Wildman–Crippen LogP) is 4.71. The zero-order chi connectivity index (χ0) is 24.1. The molecule has 1 N–H and O–H groups in total. The Labute approximate surface area is 202 Å². The second-order valence-electron chi connectivity index (χ2n) is 9.58. The summed E-state index contributed by atoms with van der Waals surface area (Å²) < 4.78 is 41.2. The molecule has 9 heteroatoms. The Bertz CT molecular complexity index is 1110. The Kier molecular flexibility index (Phi) is 6.16. The van der Waals surface area contributed by atoms with Crippen LogP contribution in [0.1, 0.15) is 37.5 Å². The molecule has 1 amide bonds. The second-order valence-corrected chi connectivity index (χ2v) is 10.0. The summed E-state index contributed by atoms with van der Waals surface area (Å²) in [5, 5.41) is 10.3. The molecular formula is C25H27ClF2N2O4. The molecule has 3 aliphatic rings. The van der Waals surface area contributed by atoms with Crippen LogP contribution in [0.3, 0.4) is 0 Å². The van der Waals surface area contributed by atoms with E-state index in [0.29, 0.717) is 42.7 Å². The van der Waals surface area contributed by atoms with Gasteiger partial charge in [-0.15, -0.1) is 0 Å². The first kappa shape index (κ1) is 23.3. The van der Waals surface area contributed by atoms with Gasteiger partial charge in [0.05, 0.1) is 23.9 Å². The highest BCUT2D eigenvalue weighted by atomic mass is 35.5. The van der Waals surface area contributed by atoms with Crippen LogP contribution in [0.2, 0.25) is 5.02 Å². The second kappa shape index (κ2) is 8.98. The molecule has 2 saturated heterocycles.